The third-order valence-electron chi connectivity index (χ3n) is 4.25. The third kappa shape index (κ3) is 3.91. The van der Waals surface area contributed by atoms with Crippen molar-refractivity contribution in [3.63, 3.8) is 0 Å². The molecular weight excluding hydrogens is 340 g/mol. The van der Waals surface area contributed by atoms with E-state index in [1.807, 2.05) is 19.1 Å². The van der Waals surface area contributed by atoms with Gasteiger partial charge in [-0.15, -0.1) is 0 Å². The van der Waals surface area contributed by atoms with E-state index in [2.05, 4.69) is 15.3 Å². The van der Waals surface area contributed by atoms with E-state index in [-0.39, 0.29) is 11.7 Å². The molecule has 0 saturated carbocycles. The summed E-state index contributed by atoms with van der Waals surface area (Å²) >= 11 is 0. The van der Waals surface area contributed by atoms with E-state index in [0.717, 1.165) is 11.4 Å². The number of hydrogen-bond donors (Lipinski definition) is 2. The van der Waals surface area contributed by atoms with Crippen molar-refractivity contribution in [2.75, 3.05) is 17.6 Å². The Balaban J connectivity index is 1.69. The van der Waals surface area contributed by atoms with E-state index >= 15 is 0 Å². The summed E-state index contributed by atoms with van der Waals surface area (Å²) in [5, 5.41) is 2.82. The maximum atomic E-state index is 12.6. The first-order chi connectivity index (χ1) is 12.0. The number of hydrogen-bond acceptors (Lipinski definition) is 4. The van der Waals surface area contributed by atoms with Gasteiger partial charge in [-0.1, -0.05) is 6.92 Å². The number of sulfonamides is 1. The number of aromatic amines is 1. The lowest BCUT2D eigenvalue weighted by Crippen LogP contribution is -2.44. The first-order valence-electron chi connectivity index (χ1n) is 8.41. The zero-order valence-corrected chi connectivity index (χ0v) is 14.9. The second-order valence-corrected chi connectivity index (χ2v) is 8.13. The average Bonchev–Trinajstić information content (AvgIpc) is 3.27. The molecule has 2 heterocycles. The van der Waals surface area contributed by atoms with E-state index in [4.69, 9.17) is 0 Å². The van der Waals surface area contributed by atoms with Crippen LogP contribution in [0.4, 0.5) is 5.69 Å². The maximum Gasteiger partial charge on any atom is 0.242 e. The van der Waals surface area contributed by atoms with Crippen LogP contribution in [0.2, 0.25) is 0 Å². The van der Waals surface area contributed by atoms with Crippen LogP contribution < -0.4 is 5.32 Å². The Labute approximate surface area is 147 Å². The number of aromatic nitrogens is 2. The molecule has 2 aromatic rings. The van der Waals surface area contributed by atoms with Crippen molar-refractivity contribution in [2.24, 2.45) is 0 Å². The number of carbonyl (C=O) groups is 1. The molecule has 1 aliphatic rings. The van der Waals surface area contributed by atoms with Crippen LogP contribution in [0.3, 0.4) is 0 Å². The second kappa shape index (κ2) is 7.37. The van der Waals surface area contributed by atoms with Crippen molar-refractivity contribution in [3.8, 4) is 11.4 Å². The van der Waals surface area contributed by atoms with E-state index in [1.54, 1.807) is 24.5 Å². The highest BCUT2D eigenvalue weighted by Gasteiger charge is 2.38. The van der Waals surface area contributed by atoms with Crippen LogP contribution >= 0.6 is 0 Å². The largest absolute Gasteiger partial charge is 0.345 e. The Kier molecular flexibility index (Phi) is 5.19. The van der Waals surface area contributed by atoms with Gasteiger partial charge in [0.05, 0.1) is 5.75 Å². The lowest BCUT2D eigenvalue weighted by molar-refractivity contribution is -0.119. The predicted molar refractivity (Wildman–Crippen MR) is 96.5 cm³/mol. The van der Waals surface area contributed by atoms with Gasteiger partial charge in [-0.2, -0.15) is 4.31 Å². The number of benzene rings is 1. The van der Waals surface area contributed by atoms with Crippen LogP contribution in [0, 0.1) is 0 Å². The van der Waals surface area contributed by atoms with E-state index < -0.39 is 16.1 Å². The van der Waals surface area contributed by atoms with E-state index in [1.165, 1.54) is 4.31 Å². The number of carbonyl (C=O) groups excluding carboxylic acids is 1. The summed E-state index contributed by atoms with van der Waals surface area (Å²) in [5.74, 6) is 0.558. The van der Waals surface area contributed by atoms with Crippen LogP contribution in [0.1, 0.15) is 26.2 Å². The highest BCUT2D eigenvalue weighted by molar-refractivity contribution is 7.89. The quantitative estimate of drug-likeness (QED) is 0.824. The number of imidazole rings is 1. The molecule has 1 aromatic heterocycles. The highest BCUT2D eigenvalue weighted by Crippen LogP contribution is 2.24. The smallest absolute Gasteiger partial charge is 0.242 e. The minimum atomic E-state index is -3.37. The molecule has 0 radical (unpaired) electrons. The number of rotatable bonds is 6. The molecule has 0 aliphatic carbocycles. The van der Waals surface area contributed by atoms with Gasteiger partial charge in [0.25, 0.3) is 0 Å². The summed E-state index contributed by atoms with van der Waals surface area (Å²) in [6.07, 6.45) is 5.23. The first-order valence-corrected chi connectivity index (χ1v) is 10.0. The molecule has 1 aliphatic heterocycles. The second-order valence-electron chi connectivity index (χ2n) is 6.09. The Morgan fingerprint density at radius 1 is 1.36 bits per heavy atom. The molecule has 25 heavy (non-hydrogen) atoms. The number of H-pyrrole nitrogens is 1. The van der Waals surface area contributed by atoms with Gasteiger partial charge in [0.15, 0.2) is 0 Å². The third-order valence-corrected chi connectivity index (χ3v) is 6.33. The number of anilines is 1. The van der Waals surface area contributed by atoms with Crippen molar-refractivity contribution in [2.45, 2.75) is 32.2 Å². The van der Waals surface area contributed by atoms with Gasteiger partial charge >= 0.3 is 0 Å². The number of amides is 1. The predicted octanol–water partition coefficient (Wildman–Crippen LogP) is 2.22. The fourth-order valence-corrected chi connectivity index (χ4v) is 4.82. The molecule has 1 saturated heterocycles. The van der Waals surface area contributed by atoms with Gasteiger partial charge in [-0.25, -0.2) is 13.4 Å². The SMILES string of the molecule is CCCS(=O)(=O)N1CCCC1C(=O)Nc1ccc(-c2ncc[nH]2)cc1. The van der Waals surface area contributed by atoms with Gasteiger partial charge in [0.2, 0.25) is 15.9 Å². The molecular formula is C17H22N4O3S. The highest BCUT2D eigenvalue weighted by atomic mass is 32.2. The van der Waals surface area contributed by atoms with Crippen molar-refractivity contribution in [1.82, 2.24) is 14.3 Å². The molecule has 1 amide bonds. The van der Waals surface area contributed by atoms with Crippen LogP contribution in [0.5, 0.6) is 0 Å². The molecule has 7 nitrogen and oxygen atoms in total. The van der Waals surface area contributed by atoms with Crippen LogP contribution in [-0.2, 0) is 14.8 Å². The van der Waals surface area contributed by atoms with Crippen LogP contribution in [0.25, 0.3) is 11.4 Å². The topological polar surface area (TPSA) is 95.2 Å². The summed E-state index contributed by atoms with van der Waals surface area (Å²) in [4.78, 5) is 19.8. The summed E-state index contributed by atoms with van der Waals surface area (Å²) < 4.78 is 26.0. The molecule has 8 heteroatoms. The van der Waals surface area contributed by atoms with Gasteiger partial charge in [0, 0.05) is 30.2 Å². The van der Waals surface area contributed by atoms with Crippen molar-refractivity contribution in [1.29, 1.82) is 0 Å². The Morgan fingerprint density at radius 2 is 2.12 bits per heavy atom. The van der Waals surface area contributed by atoms with Gasteiger partial charge in [-0.05, 0) is 43.5 Å². The molecule has 0 spiro atoms. The van der Waals surface area contributed by atoms with Crippen LogP contribution in [0.15, 0.2) is 36.7 Å². The average molecular weight is 362 g/mol. The standard InChI is InChI=1S/C17H22N4O3S/c1-2-12-25(23,24)21-11-3-4-15(21)17(22)20-14-7-5-13(6-8-14)16-18-9-10-19-16/h5-10,15H,2-4,11-12H2,1H3,(H,18,19)(H,20,22). The molecule has 3 rings (SSSR count). The zero-order valence-electron chi connectivity index (χ0n) is 14.1. The summed E-state index contributed by atoms with van der Waals surface area (Å²) in [6, 6.07) is 6.66. The molecule has 1 aromatic carbocycles. The normalized spacial score (nSPS) is 18.4. The Hall–Kier alpha value is -2.19. The fraction of sp³-hybridized carbons (Fsp3) is 0.412. The minimum absolute atomic E-state index is 0.0780. The summed E-state index contributed by atoms with van der Waals surface area (Å²) in [5.41, 5.74) is 1.55. The van der Waals surface area contributed by atoms with Crippen LogP contribution in [-0.4, -0.2) is 46.9 Å². The van der Waals surface area contributed by atoms with Crippen molar-refractivity contribution in [3.05, 3.63) is 36.7 Å². The van der Waals surface area contributed by atoms with E-state index in [0.29, 0.717) is 31.5 Å². The number of nitrogens with one attached hydrogen (secondary N) is 2. The molecule has 1 unspecified atom stereocenters. The monoisotopic (exact) mass is 362 g/mol. The van der Waals surface area contributed by atoms with Crippen molar-refractivity contribution < 1.29 is 13.2 Å². The zero-order chi connectivity index (χ0) is 17.9. The summed E-state index contributed by atoms with van der Waals surface area (Å²) in [7, 11) is -3.37. The lowest BCUT2D eigenvalue weighted by Gasteiger charge is -2.23. The molecule has 1 fully saturated rings. The number of nitrogens with zero attached hydrogens (tertiary/aromatic N) is 2. The summed E-state index contributed by atoms with van der Waals surface area (Å²) in [6.45, 7) is 2.24. The van der Waals surface area contributed by atoms with Gasteiger partial charge in [0.1, 0.15) is 11.9 Å². The molecule has 134 valence electrons. The molecule has 2 N–H and O–H groups in total. The molecule has 0 bridgehead atoms. The first kappa shape index (κ1) is 17.6. The minimum Gasteiger partial charge on any atom is -0.345 e. The van der Waals surface area contributed by atoms with Gasteiger partial charge in [-0.3, -0.25) is 4.79 Å². The Bertz CT molecular complexity index is 816. The molecule has 1 atom stereocenters. The maximum absolute atomic E-state index is 12.6. The van der Waals surface area contributed by atoms with Crippen molar-refractivity contribution >= 4 is 21.6 Å². The Morgan fingerprint density at radius 3 is 2.76 bits per heavy atom. The lowest BCUT2D eigenvalue weighted by atomic mass is 10.1. The fourth-order valence-electron chi connectivity index (χ4n) is 3.07. The van der Waals surface area contributed by atoms with E-state index in [9.17, 15) is 13.2 Å². The van der Waals surface area contributed by atoms with Gasteiger partial charge < -0.3 is 10.3 Å².